The van der Waals surface area contributed by atoms with Crippen LogP contribution in [-0.2, 0) is 11.0 Å². The first kappa shape index (κ1) is 16.2. The fourth-order valence-electron chi connectivity index (χ4n) is 1.21. The van der Waals surface area contributed by atoms with E-state index in [2.05, 4.69) is 15.6 Å². The minimum atomic E-state index is -4.52. The topological polar surface area (TPSA) is 91.3 Å². The molecule has 1 aromatic rings. The Morgan fingerprint density at radius 1 is 1.50 bits per heavy atom. The molecule has 1 heterocycles. The van der Waals surface area contributed by atoms with Gasteiger partial charge >= 0.3 is 18.2 Å². The quantitative estimate of drug-likeness (QED) is 0.775. The molecule has 0 bridgehead atoms. The number of halogens is 3. The SMILES string of the molecule is CC(NC(=O)NCCC(=O)O)c1nc(C(F)(F)F)cs1. The van der Waals surface area contributed by atoms with Crippen LogP contribution in [0, 0.1) is 0 Å². The Kier molecular flexibility index (Phi) is 5.31. The van der Waals surface area contributed by atoms with Crippen LogP contribution in [0.2, 0.25) is 0 Å². The maximum Gasteiger partial charge on any atom is 0.434 e. The Balaban J connectivity index is 2.50. The number of thiazole rings is 1. The first-order chi connectivity index (χ1) is 9.20. The second-order valence-corrected chi connectivity index (χ2v) is 4.72. The highest BCUT2D eigenvalue weighted by atomic mass is 32.1. The number of carboxylic acid groups (broad SMARTS) is 1. The summed E-state index contributed by atoms with van der Waals surface area (Å²) in [6.45, 7) is 1.41. The summed E-state index contributed by atoms with van der Waals surface area (Å²) in [4.78, 5) is 25.0. The van der Waals surface area contributed by atoms with E-state index in [4.69, 9.17) is 5.11 Å². The third kappa shape index (κ3) is 5.03. The predicted molar refractivity (Wildman–Crippen MR) is 64.3 cm³/mol. The molecule has 0 radical (unpaired) electrons. The van der Waals surface area contributed by atoms with Crippen LogP contribution in [0.25, 0.3) is 0 Å². The number of aliphatic carboxylic acids is 1. The average molecular weight is 311 g/mol. The maximum atomic E-state index is 12.4. The molecule has 20 heavy (non-hydrogen) atoms. The highest BCUT2D eigenvalue weighted by Gasteiger charge is 2.34. The van der Waals surface area contributed by atoms with E-state index in [1.165, 1.54) is 6.92 Å². The van der Waals surface area contributed by atoms with E-state index in [0.29, 0.717) is 0 Å². The number of urea groups is 1. The van der Waals surface area contributed by atoms with Crippen LogP contribution in [0.5, 0.6) is 0 Å². The number of hydrogen-bond acceptors (Lipinski definition) is 4. The molecular formula is C10H12F3N3O3S. The van der Waals surface area contributed by atoms with Crippen LogP contribution in [0.1, 0.15) is 30.1 Å². The van der Waals surface area contributed by atoms with Gasteiger partial charge in [0.1, 0.15) is 5.01 Å². The van der Waals surface area contributed by atoms with Gasteiger partial charge < -0.3 is 15.7 Å². The van der Waals surface area contributed by atoms with Crippen molar-refractivity contribution in [3.05, 3.63) is 16.1 Å². The molecule has 0 saturated carbocycles. The molecule has 1 atom stereocenters. The summed E-state index contributed by atoms with van der Waals surface area (Å²) >= 11 is 0.788. The van der Waals surface area contributed by atoms with Gasteiger partial charge in [-0.05, 0) is 6.92 Å². The van der Waals surface area contributed by atoms with E-state index in [9.17, 15) is 22.8 Å². The second kappa shape index (κ2) is 6.55. The highest BCUT2D eigenvalue weighted by molar-refractivity contribution is 7.09. The molecule has 1 aromatic heterocycles. The fraction of sp³-hybridized carbons (Fsp3) is 0.500. The standard InChI is InChI=1S/C10H12F3N3O3S/c1-5(15-9(19)14-3-2-7(17)18)8-16-6(4-20-8)10(11,12)13/h4-5H,2-3H2,1H3,(H,17,18)(H2,14,15,19). The van der Waals surface area contributed by atoms with Crippen LogP contribution in [0.3, 0.4) is 0 Å². The van der Waals surface area contributed by atoms with Crippen molar-refractivity contribution >= 4 is 23.3 Å². The zero-order valence-electron chi connectivity index (χ0n) is 10.3. The lowest BCUT2D eigenvalue weighted by Crippen LogP contribution is -2.38. The van der Waals surface area contributed by atoms with Gasteiger partial charge in [0.05, 0.1) is 12.5 Å². The summed E-state index contributed by atoms with van der Waals surface area (Å²) in [6.07, 6.45) is -4.75. The van der Waals surface area contributed by atoms with Gasteiger partial charge in [0, 0.05) is 11.9 Å². The molecule has 10 heteroatoms. The van der Waals surface area contributed by atoms with Crippen molar-refractivity contribution in [2.45, 2.75) is 25.6 Å². The van der Waals surface area contributed by atoms with E-state index in [1.807, 2.05) is 0 Å². The number of amides is 2. The van der Waals surface area contributed by atoms with Crippen molar-refractivity contribution < 1.29 is 27.9 Å². The zero-order valence-corrected chi connectivity index (χ0v) is 11.1. The molecule has 3 N–H and O–H groups in total. The predicted octanol–water partition coefficient (Wildman–Crippen LogP) is 2.00. The summed E-state index contributed by atoms with van der Waals surface area (Å²) in [5.41, 5.74) is -1.00. The minimum Gasteiger partial charge on any atom is -0.481 e. The highest BCUT2D eigenvalue weighted by Crippen LogP contribution is 2.31. The summed E-state index contributed by atoms with van der Waals surface area (Å²) in [5.74, 6) is -1.06. The Labute approximate surface area is 116 Å². The zero-order chi connectivity index (χ0) is 15.3. The summed E-state index contributed by atoms with van der Waals surface area (Å²) < 4.78 is 37.1. The van der Waals surface area contributed by atoms with Gasteiger partial charge in [-0.15, -0.1) is 11.3 Å². The van der Waals surface area contributed by atoms with Crippen molar-refractivity contribution in [3.8, 4) is 0 Å². The third-order valence-corrected chi connectivity index (χ3v) is 3.18. The van der Waals surface area contributed by atoms with E-state index in [-0.39, 0.29) is 18.0 Å². The van der Waals surface area contributed by atoms with Gasteiger partial charge in [0.2, 0.25) is 0 Å². The molecule has 112 valence electrons. The van der Waals surface area contributed by atoms with Gasteiger partial charge in [-0.1, -0.05) is 0 Å². The second-order valence-electron chi connectivity index (χ2n) is 3.83. The molecular weight excluding hydrogens is 299 g/mol. The van der Waals surface area contributed by atoms with Crippen molar-refractivity contribution in [1.29, 1.82) is 0 Å². The monoisotopic (exact) mass is 311 g/mol. The number of carboxylic acids is 1. The van der Waals surface area contributed by atoms with Crippen LogP contribution >= 0.6 is 11.3 Å². The molecule has 1 unspecified atom stereocenters. The average Bonchev–Trinajstić information content (AvgIpc) is 2.76. The number of aromatic nitrogens is 1. The lowest BCUT2D eigenvalue weighted by atomic mass is 10.3. The molecule has 0 aliphatic carbocycles. The van der Waals surface area contributed by atoms with Crippen molar-refractivity contribution in [2.75, 3.05) is 6.54 Å². The molecule has 0 saturated heterocycles. The van der Waals surface area contributed by atoms with E-state index >= 15 is 0 Å². The van der Waals surface area contributed by atoms with Crippen LogP contribution in [-0.4, -0.2) is 28.6 Å². The van der Waals surface area contributed by atoms with Gasteiger partial charge in [-0.3, -0.25) is 4.79 Å². The third-order valence-electron chi connectivity index (χ3n) is 2.15. The normalized spacial score (nSPS) is 12.8. The molecule has 0 aromatic carbocycles. The number of carbonyl (C=O) groups is 2. The summed E-state index contributed by atoms with van der Waals surface area (Å²) in [7, 11) is 0. The van der Waals surface area contributed by atoms with Gasteiger partial charge in [0.15, 0.2) is 5.69 Å². The Bertz CT molecular complexity index is 490. The number of nitrogens with one attached hydrogen (secondary N) is 2. The lowest BCUT2D eigenvalue weighted by Gasteiger charge is -2.12. The minimum absolute atomic E-state index is 0.0699. The van der Waals surface area contributed by atoms with Crippen molar-refractivity contribution in [1.82, 2.24) is 15.6 Å². The molecule has 0 aliphatic heterocycles. The number of carbonyl (C=O) groups excluding carboxylic acids is 1. The number of alkyl halides is 3. The Hall–Kier alpha value is -1.84. The molecule has 0 spiro atoms. The van der Waals surface area contributed by atoms with Gasteiger partial charge in [-0.2, -0.15) is 13.2 Å². The fourth-order valence-corrected chi connectivity index (χ4v) is 2.04. The summed E-state index contributed by atoms with van der Waals surface area (Å²) in [6, 6.07) is -1.37. The smallest absolute Gasteiger partial charge is 0.434 e. The largest absolute Gasteiger partial charge is 0.481 e. The van der Waals surface area contributed by atoms with Crippen LogP contribution in [0.15, 0.2) is 5.38 Å². The number of rotatable bonds is 5. The first-order valence-corrected chi connectivity index (χ1v) is 6.37. The number of hydrogen-bond donors (Lipinski definition) is 3. The molecule has 6 nitrogen and oxygen atoms in total. The van der Waals surface area contributed by atoms with E-state index < -0.39 is 29.9 Å². The van der Waals surface area contributed by atoms with Crippen LogP contribution < -0.4 is 10.6 Å². The van der Waals surface area contributed by atoms with E-state index in [0.717, 1.165) is 16.7 Å². The van der Waals surface area contributed by atoms with E-state index in [1.54, 1.807) is 0 Å². The Morgan fingerprint density at radius 2 is 2.15 bits per heavy atom. The lowest BCUT2D eigenvalue weighted by molar-refractivity contribution is -0.141. The van der Waals surface area contributed by atoms with Crippen molar-refractivity contribution in [2.24, 2.45) is 0 Å². The van der Waals surface area contributed by atoms with Crippen molar-refractivity contribution in [3.63, 3.8) is 0 Å². The molecule has 2 amide bonds. The van der Waals surface area contributed by atoms with Gasteiger partial charge in [0.25, 0.3) is 0 Å². The molecule has 1 rings (SSSR count). The molecule has 0 fully saturated rings. The van der Waals surface area contributed by atoms with Crippen LogP contribution in [0.4, 0.5) is 18.0 Å². The number of nitrogens with zero attached hydrogens (tertiary/aromatic N) is 1. The summed E-state index contributed by atoms with van der Waals surface area (Å²) in [5, 5.41) is 14.0. The van der Waals surface area contributed by atoms with Gasteiger partial charge in [-0.25, -0.2) is 9.78 Å². The Morgan fingerprint density at radius 3 is 2.65 bits per heavy atom. The molecule has 0 aliphatic rings. The maximum absolute atomic E-state index is 12.4. The first-order valence-electron chi connectivity index (χ1n) is 5.49.